The zero-order valence-electron chi connectivity index (χ0n) is 19.5. The molecule has 186 valence electrons. The fourth-order valence-electron chi connectivity index (χ4n) is 3.33. The monoisotopic (exact) mass is 586 g/mol. The number of aryl methyl sites for hydroxylation is 1. The number of ether oxygens (including phenoxy) is 1. The lowest BCUT2D eigenvalue weighted by Gasteiger charge is -2.18. The highest BCUT2D eigenvalue weighted by Crippen LogP contribution is 2.27. The first-order valence-corrected chi connectivity index (χ1v) is 13.6. The van der Waals surface area contributed by atoms with Crippen molar-refractivity contribution in [2.24, 2.45) is 0 Å². The summed E-state index contributed by atoms with van der Waals surface area (Å²) in [6, 6.07) is 16.4. The van der Waals surface area contributed by atoms with Crippen LogP contribution in [0.5, 0.6) is 5.75 Å². The van der Waals surface area contributed by atoms with Gasteiger partial charge in [0.1, 0.15) is 10.4 Å². The van der Waals surface area contributed by atoms with E-state index < -0.39 is 16.7 Å². The van der Waals surface area contributed by atoms with Gasteiger partial charge >= 0.3 is 0 Å². The maximum atomic E-state index is 13.2. The Morgan fingerprint density at radius 1 is 1.19 bits per heavy atom. The standard InChI is InChI=1S/C25H23BrN4O4S2/c1-3-20(23(32)27-16-8-6-7-15(2)13-16)36-25-28-18-11-12-35-22(18)24(33)30(25)29-21(31)14-34-19-10-5-4-9-17(19)26/h4-13,20H,3,14H2,1-2H3,(H,27,32)(H,29,31)/t20-/m0/s1. The first-order chi connectivity index (χ1) is 17.4. The van der Waals surface area contributed by atoms with E-state index in [1.54, 1.807) is 29.6 Å². The van der Waals surface area contributed by atoms with Gasteiger partial charge in [-0.1, -0.05) is 43.0 Å². The zero-order valence-corrected chi connectivity index (χ0v) is 22.7. The molecule has 0 unspecified atom stereocenters. The molecule has 2 aromatic heterocycles. The molecule has 1 atom stereocenters. The van der Waals surface area contributed by atoms with Crippen molar-refractivity contribution in [1.29, 1.82) is 0 Å². The highest BCUT2D eigenvalue weighted by atomic mass is 79.9. The number of hydrogen-bond acceptors (Lipinski definition) is 7. The quantitative estimate of drug-likeness (QED) is 0.207. The Bertz CT molecular complexity index is 1470. The highest BCUT2D eigenvalue weighted by Gasteiger charge is 2.23. The number of hydrogen-bond donors (Lipinski definition) is 2. The number of rotatable bonds is 9. The predicted octanol–water partition coefficient (Wildman–Crippen LogP) is 5.19. The molecule has 2 heterocycles. The van der Waals surface area contributed by atoms with Crippen LogP contribution >= 0.6 is 39.0 Å². The van der Waals surface area contributed by atoms with Crippen molar-refractivity contribution in [3.05, 3.63) is 80.4 Å². The fourth-order valence-corrected chi connectivity index (χ4v) is 5.46. The maximum absolute atomic E-state index is 13.2. The van der Waals surface area contributed by atoms with Gasteiger partial charge in [0.25, 0.3) is 11.5 Å². The molecular formula is C25H23BrN4O4S2. The van der Waals surface area contributed by atoms with Crippen LogP contribution in [0.4, 0.5) is 5.69 Å². The van der Waals surface area contributed by atoms with E-state index >= 15 is 0 Å². The Kier molecular flexibility index (Phi) is 8.44. The maximum Gasteiger partial charge on any atom is 0.291 e. The first kappa shape index (κ1) is 25.9. The zero-order chi connectivity index (χ0) is 25.7. The van der Waals surface area contributed by atoms with E-state index in [1.807, 2.05) is 44.2 Å². The second-order valence-corrected chi connectivity index (χ2v) is 10.7. The smallest absolute Gasteiger partial charge is 0.291 e. The minimum absolute atomic E-state index is 0.214. The van der Waals surface area contributed by atoms with Crippen LogP contribution in [-0.2, 0) is 9.59 Å². The third kappa shape index (κ3) is 6.15. The summed E-state index contributed by atoms with van der Waals surface area (Å²) in [6.45, 7) is 3.51. The number of amides is 2. The van der Waals surface area contributed by atoms with Crippen LogP contribution in [0, 0.1) is 6.92 Å². The Hall–Kier alpha value is -3.15. The normalized spacial score (nSPS) is 11.8. The Balaban J connectivity index is 1.56. The summed E-state index contributed by atoms with van der Waals surface area (Å²) in [5.41, 5.74) is 4.40. The van der Waals surface area contributed by atoms with Gasteiger partial charge in [0.2, 0.25) is 5.91 Å². The van der Waals surface area contributed by atoms with Gasteiger partial charge in [0.15, 0.2) is 11.8 Å². The van der Waals surface area contributed by atoms with Crippen molar-refractivity contribution in [3.63, 3.8) is 0 Å². The molecule has 4 rings (SSSR count). The Labute approximate surface area is 224 Å². The van der Waals surface area contributed by atoms with Gasteiger partial charge in [0, 0.05) is 5.69 Å². The van der Waals surface area contributed by atoms with E-state index in [-0.39, 0.29) is 17.7 Å². The second kappa shape index (κ2) is 11.7. The molecule has 0 spiro atoms. The van der Waals surface area contributed by atoms with E-state index in [4.69, 9.17) is 4.74 Å². The fraction of sp³-hybridized carbons (Fsp3) is 0.200. The van der Waals surface area contributed by atoms with Crippen LogP contribution < -0.4 is 21.0 Å². The van der Waals surface area contributed by atoms with E-state index in [0.29, 0.717) is 32.5 Å². The van der Waals surface area contributed by atoms with Crippen LogP contribution in [-0.4, -0.2) is 33.3 Å². The number of thioether (sulfide) groups is 1. The summed E-state index contributed by atoms with van der Waals surface area (Å²) in [6.07, 6.45) is 0.485. The number of halogens is 1. The largest absolute Gasteiger partial charge is 0.483 e. The van der Waals surface area contributed by atoms with Crippen molar-refractivity contribution in [2.45, 2.75) is 30.7 Å². The van der Waals surface area contributed by atoms with Gasteiger partial charge in [-0.2, -0.15) is 4.68 Å². The Morgan fingerprint density at radius 3 is 2.75 bits per heavy atom. The number of carbonyl (C=O) groups is 2. The van der Waals surface area contributed by atoms with Gasteiger partial charge in [-0.05, 0) is 70.5 Å². The number of anilines is 1. The van der Waals surface area contributed by atoms with Gasteiger partial charge in [0.05, 0.1) is 15.2 Å². The van der Waals surface area contributed by atoms with E-state index in [0.717, 1.165) is 22.0 Å². The molecule has 0 aliphatic rings. The number of aromatic nitrogens is 2. The minimum Gasteiger partial charge on any atom is -0.483 e. The van der Waals surface area contributed by atoms with E-state index in [2.05, 4.69) is 31.7 Å². The van der Waals surface area contributed by atoms with Crippen LogP contribution in [0.2, 0.25) is 0 Å². The number of fused-ring (bicyclic) bond motifs is 1. The van der Waals surface area contributed by atoms with Gasteiger partial charge in [-0.25, -0.2) is 4.98 Å². The molecule has 36 heavy (non-hydrogen) atoms. The van der Waals surface area contributed by atoms with Crippen molar-refractivity contribution in [1.82, 2.24) is 9.66 Å². The summed E-state index contributed by atoms with van der Waals surface area (Å²) in [5.74, 6) is -0.257. The van der Waals surface area contributed by atoms with Crippen molar-refractivity contribution < 1.29 is 14.3 Å². The van der Waals surface area contributed by atoms with Crippen LogP contribution in [0.3, 0.4) is 0 Å². The number of carbonyl (C=O) groups excluding carboxylic acids is 2. The molecule has 0 saturated heterocycles. The van der Waals surface area contributed by atoms with Crippen molar-refractivity contribution >= 4 is 66.7 Å². The average Bonchev–Trinajstić information content (AvgIpc) is 3.33. The molecule has 4 aromatic rings. The lowest BCUT2D eigenvalue weighted by Crippen LogP contribution is -2.37. The molecule has 0 bridgehead atoms. The third-order valence-corrected chi connectivity index (χ3v) is 7.94. The van der Waals surface area contributed by atoms with Gasteiger partial charge in [-0.15, -0.1) is 11.3 Å². The number of para-hydroxylation sites is 1. The summed E-state index contributed by atoms with van der Waals surface area (Å²) >= 11 is 5.73. The van der Waals surface area contributed by atoms with Gasteiger partial charge in [-0.3, -0.25) is 19.8 Å². The molecular weight excluding hydrogens is 564 g/mol. The second-order valence-electron chi connectivity index (χ2n) is 7.80. The lowest BCUT2D eigenvalue weighted by molar-refractivity contribution is -0.119. The summed E-state index contributed by atoms with van der Waals surface area (Å²) in [4.78, 5) is 43.5. The lowest BCUT2D eigenvalue weighted by atomic mass is 10.2. The average molecular weight is 588 g/mol. The van der Waals surface area contributed by atoms with Crippen molar-refractivity contribution in [3.8, 4) is 5.75 Å². The van der Waals surface area contributed by atoms with Crippen LogP contribution in [0.1, 0.15) is 18.9 Å². The van der Waals surface area contributed by atoms with Crippen molar-refractivity contribution in [2.75, 3.05) is 17.3 Å². The number of nitrogens with one attached hydrogen (secondary N) is 2. The molecule has 0 radical (unpaired) electrons. The summed E-state index contributed by atoms with van der Waals surface area (Å²) < 4.78 is 7.78. The summed E-state index contributed by atoms with van der Waals surface area (Å²) in [7, 11) is 0. The molecule has 11 heteroatoms. The van der Waals surface area contributed by atoms with E-state index in [9.17, 15) is 14.4 Å². The van der Waals surface area contributed by atoms with Crippen LogP contribution in [0.25, 0.3) is 10.2 Å². The third-order valence-electron chi connectivity index (χ3n) is 5.08. The highest BCUT2D eigenvalue weighted by molar-refractivity contribution is 9.10. The first-order valence-electron chi connectivity index (χ1n) is 11.1. The number of thiophene rings is 1. The molecule has 8 nitrogen and oxygen atoms in total. The molecule has 2 amide bonds. The molecule has 0 aliphatic heterocycles. The topological polar surface area (TPSA) is 102 Å². The number of nitrogens with zero attached hydrogens (tertiary/aromatic N) is 2. The molecule has 0 saturated carbocycles. The molecule has 2 N–H and O–H groups in total. The SMILES string of the molecule is CC[C@H](Sc1nc2ccsc2c(=O)n1NC(=O)COc1ccccc1Br)C(=O)Nc1cccc(C)c1. The van der Waals surface area contributed by atoms with E-state index in [1.165, 1.54) is 11.3 Å². The summed E-state index contributed by atoms with van der Waals surface area (Å²) in [5, 5.41) is 4.35. The molecule has 0 aliphatic carbocycles. The number of benzene rings is 2. The van der Waals surface area contributed by atoms with Crippen LogP contribution in [0.15, 0.2) is 74.4 Å². The Morgan fingerprint density at radius 2 is 2.00 bits per heavy atom. The molecule has 0 fully saturated rings. The molecule has 2 aromatic carbocycles. The predicted molar refractivity (Wildman–Crippen MR) is 148 cm³/mol. The van der Waals surface area contributed by atoms with Gasteiger partial charge < -0.3 is 10.1 Å². The minimum atomic E-state index is -0.548.